The second-order valence-corrected chi connectivity index (χ2v) is 10.2. The first kappa shape index (κ1) is 23.7. The van der Waals surface area contributed by atoms with E-state index in [0.29, 0.717) is 28.6 Å². The standard InChI is InChI=1S/C20H20ClN3O4S3/c1-2-3-12-24(25)20(29)30-19-23-17(13-4-8-15(21)9-5-13)18(28-19)14-6-10-16(11-7-14)31(22,26)27/h4-11,25H,2-3,12H2,1H3,(H2,22,26,27). The molecule has 0 aliphatic heterocycles. The van der Waals surface area contributed by atoms with Crippen molar-refractivity contribution in [3.8, 4) is 22.6 Å². The van der Waals surface area contributed by atoms with Crippen molar-refractivity contribution < 1.29 is 18.0 Å². The highest BCUT2D eigenvalue weighted by Crippen LogP contribution is 2.37. The molecule has 0 unspecified atom stereocenters. The molecule has 164 valence electrons. The Labute approximate surface area is 195 Å². The molecule has 31 heavy (non-hydrogen) atoms. The van der Waals surface area contributed by atoms with E-state index in [1.807, 2.05) is 6.92 Å². The quantitative estimate of drug-likeness (QED) is 0.261. The lowest BCUT2D eigenvalue weighted by molar-refractivity contribution is -0.00878. The fourth-order valence-corrected chi connectivity index (χ4v) is 4.22. The molecule has 0 atom stereocenters. The summed E-state index contributed by atoms with van der Waals surface area (Å²) in [6, 6.07) is 13.0. The molecule has 0 radical (unpaired) electrons. The molecule has 1 heterocycles. The minimum atomic E-state index is -3.81. The van der Waals surface area contributed by atoms with Crippen LogP contribution in [0, 0.1) is 0 Å². The van der Waals surface area contributed by atoms with Gasteiger partial charge < -0.3 is 4.42 Å². The Morgan fingerprint density at radius 3 is 2.39 bits per heavy atom. The summed E-state index contributed by atoms with van der Waals surface area (Å²) in [7, 11) is -3.81. The maximum atomic E-state index is 11.5. The molecule has 3 aromatic rings. The van der Waals surface area contributed by atoms with Crippen LogP contribution in [-0.4, -0.2) is 34.5 Å². The fraction of sp³-hybridized carbons (Fsp3) is 0.200. The van der Waals surface area contributed by atoms with Crippen LogP contribution in [-0.2, 0) is 10.0 Å². The molecule has 1 aromatic heterocycles. The van der Waals surface area contributed by atoms with E-state index in [1.165, 1.54) is 12.1 Å². The van der Waals surface area contributed by atoms with Crippen molar-refractivity contribution in [3.63, 3.8) is 0 Å². The van der Waals surface area contributed by atoms with Gasteiger partial charge in [0.2, 0.25) is 10.0 Å². The number of nitrogens with two attached hydrogens (primary N) is 1. The highest BCUT2D eigenvalue weighted by molar-refractivity contribution is 8.22. The normalized spacial score (nSPS) is 11.5. The molecule has 0 bridgehead atoms. The third kappa shape index (κ3) is 6.06. The monoisotopic (exact) mass is 497 g/mol. The van der Waals surface area contributed by atoms with Gasteiger partial charge in [0.25, 0.3) is 5.22 Å². The number of thioether (sulfide) groups is 1. The molecule has 0 saturated carbocycles. The maximum Gasteiger partial charge on any atom is 0.264 e. The summed E-state index contributed by atoms with van der Waals surface area (Å²) in [6.45, 7) is 2.43. The van der Waals surface area contributed by atoms with Crippen molar-refractivity contribution in [2.75, 3.05) is 6.54 Å². The molecule has 0 saturated heterocycles. The van der Waals surface area contributed by atoms with Crippen LogP contribution in [0.3, 0.4) is 0 Å². The lowest BCUT2D eigenvalue weighted by atomic mass is 10.1. The van der Waals surface area contributed by atoms with Gasteiger partial charge in [-0.2, -0.15) is 0 Å². The second kappa shape index (κ2) is 10.1. The van der Waals surface area contributed by atoms with Gasteiger partial charge in [0.05, 0.1) is 4.90 Å². The molecular weight excluding hydrogens is 478 g/mol. The molecule has 0 aliphatic carbocycles. The number of nitrogens with zero attached hydrogens (tertiary/aromatic N) is 2. The molecule has 0 spiro atoms. The second-order valence-electron chi connectivity index (χ2n) is 6.58. The SMILES string of the molecule is CCCCN(O)C(=S)Sc1nc(-c2ccc(Cl)cc2)c(-c2ccc(S(N)(=O)=O)cc2)o1. The summed E-state index contributed by atoms with van der Waals surface area (Å²) in [6.07, 6.45) is 1.71. The number of thiocarbonyl (C=S) groups is 1. The van der Waals surface area contributed by atoms with Gasteiger partial charge in [0.1, 0.15) is 5.69 Å². The Balaban J connectivity index is 1.98. The van der Waals surface area contributed by atoms with Gasteiger partial charge >= 0.3 is 0 Å². The Morgan fingerprint density at radius 2 is 1.81 bits per heavy atom. The molecule has 3 rings (SSSR count). The minimum absolute atomic E-state index is 0.00793. The van der Waals surface area contributed by atoms with Gasteiger partial charge in [0, 0.05) is 34.5 Å². The summed E-state index contributed by atoms with van der Waals surface area (Å²) in [5, 5.41) is 17.1. The van der Waals surface area contributed by atoms with E-state index in [2.05, 4.69) is 4.98 Å². The largest absolute Gasteiger partial charge is 0.430 e. The Bertz CT molecular complexity index is 1160. The van der Waals surface area contributed by atoms with Crippen molar-refractivity contribution in [1.29, 1.82) is 0 Å². The minimum Gasteiger partial charge on any atom is -0.430 e. The highest BCUT2D eigenvalue weighted by atomic mass is 35.5. The van der Waals surface area contributed by atoms with Crippen molar-refractivity contribution in [1.82, 2.24) is 10.0 Å². The van der Waals surface area contributed by atoms with E-state index < -0.39 is 10.0 Å². The number of primary sulfonamides is 1. The summed E-state index contributed by atoms with van der Waals surface area (Å²) < 4.78 is 29.3. The lowest BCUT2D eigenvalue weighted by Crippen LogP contribution is -2.24. The zero-order valence-electron chi connectivity index (χ0n) is 16.5. The van der Waals surface area contributed by atoms with Crippen molar-refractivity contribution in [3.05, 3.63) is 53.6 Å². The number of halogens is 1. The van der Waals surface area contributed by atoms with E-state index in [0.717, 1.165) is 35.2 Å². The Morgan fingerprint density at radius 1 is 1.19 bits per heavy atom. The predicted octanol–water partition coefficient (Wildman–Crippen LogP) is 5.18. The van der Waals surface area contributed by atoms with E-state index in [1.54, 1.807) is 36.4 Å². The third-order valence-corrected chi connectivity index (χ3v) is 6.66. The average molecular weight is 498 g/mol. The molecular formula is C20H20ClN3O4S3. The van der Waals surface area contributed by atoms with E-state index in [4.69, 9.17) is 33.4 Å². The Hall–Kier alpha value is -1.95. The average Bonchev–Trinajstić information content (AvgIpc) is 3.15. The number of sulfonamides is 1. The first-order valence-corrected chi connectivity index (χ1v) is 12.4. The van der Waals surface area contributed by atoms with Crippen LogP contribution in [0.25, 0.3) is 22.6 Å². The summed E-state index contributed by atoms with van der Waals surface area (Å²) >= 11 is 12.3. The maximum absolute atomic E-state index is 11.5. The van der Waals surface area contributed by atoms with E-state index in [9.17, 15) is 13.6 Å². The van der Waals surface area contributed by atoms with E-state index >= 15 is 0 Å². The molecule has 7 nitrogen and oxygen atoms in total. The van der Waals surface area contributed by atoms with Crippen LogP contribution < -0.4 is 5.14 Å². The molecule has 2 aromatic carbocycles. The topological polar surface area (TPSA) is 110 Å². The molecule has 0 aliphatic rings. The van der Waals surface area contributed by atoms with Gasteiger partial charge in [-0.15, -0.1) is 0 Å². The van der Waals surface area contributed by atoms with Crippen LogP contribution in [0.4, 0.5) is 0 Å². The van der Waals surface area contributed by atoms with Crippen LogP contribution in [0.1, 0.15) is 19.8 Å². The van der Waals surface area contributed by atoms with Gasteiger partial charge in [0.15, 0.2) is 10.1 Å². The third-order valence-electron chi connectivity index (χ3n) is 4.28. The van der Waals surface area contributed by atoms with Crippen molar-refractivity contribution in [2.45, 2.75) is 29.9 Å². The predicted molar refractivity (Wildman–Crippen MR) is 126 cm³/mol. The first-order valence-electron chi connectivity index (χ1n) is 9.27. The lowest BCUT2D eigenvalue weighted by Gasteiger charge is -2.14. The molecule has 0 fully saturated rings. The molecule has 0 amide bonds. The van der Waals surface area contributed by atoms with Gasteiger partial charge in [-0.3, -0.25) is 5.21 Å². The van der Waals surface area contributed by atoms with E-state index in [-0.39, 0.29) is 14.4 Å². The number of hydrogen-bond donors (Lipinski definition) is 2. The molecule has 3 N–H and O–H groups in total. The smallest absolute Gasteiger partial charge is 0.264 e. The van der Waals surface area contributed by atoms with Crippen LogP contribution >= 0.6 is 35.6 Å². The number of benzene rings is 2. The number of hydrogen-bond acceptors (Lipinski definition) is 7. The Kier molecular flexibility index (Phi) is 7.73. The van der Waals surface area contributed by atoms with Crippen LogP contribution in [0.2, 0.25) is 5.02 Å². The zero-order valence-corrected chi connectivity index (χ0v) is 19.7. The number of aromatic nitrogens is 1. The first-order chi connectivity index (χ1) is 14.7. The van der Waals surface area contributed by atoms with Crippen LogP contribution in [0.5, 0.6) is 0 Å². The summed E-state index contributed by atoms with van der Waals surface area (Å²) in [5.74, 6) is 0.423. The summed E-state index contributed by atoms with van der Waals surface area (Å²) in [4.78, 5) is 4.54. The van der Waals surface area contributed by atoms with Crippen LogP contribution in [0.15, 0.2) is 63.1 Å². The molecule has 11 heteroatoms. The summed E-state index contributed by atoms with van der Waals surface area (Å²) in [5.41, 5.74) is 1.89. The van der Waals surface area contributed by atoms with Crippen molar-refractivity contribution >= 4 is 49.9 Å². The number of oxazole rings is 1. The van der Waals surface area contributed by atoms with Gasteiger partial charge in [-0.1, -0.05) is 37.1 Å². The van der Waals surface area contributed by atoms with Gasteiger partial charge in [-0.25, -0.2) is 23.6 Å². The van der Waals surface area contributed by atoms with Crippen molar-refractivity contribution in [2.24, 2.45) is 5.14 Å². The zero-order chi connectivity index (χ0) is 22.6. The number of unbranched alkanes of at least 4 members (excludes halogenated alkanes) is 1. The fourth-order valence-electron chi connectivity index (χ4n) is 2.67. The number of hydroxylamine groups is 2. The highest BCUT2D eigenvalue weighted by Gasteiger charge is 2.20. The van der Waals surface area contributed by atoms with Gasteiger partial charge in [-0.05, 0) is 55.0 Å². The number of rotatable bonds is 7.